The number of hydrogen-bond acceptors (Lipinski definition) is 6. The second-order valence-corrected chi connectivity index (χ2v) is 7.44. The van der Waals surface area contributed by atoms with Gasteiger partial charge >= 0.3 is 5.97 Å². The van der Waals surface area contributed by atoms with Crippen LogP contribution in [0.5, 0.6) is 0 Å². The van der Waals surface area contributed by atoms with Crippen molar-refractivity contribution in [1.82, 2.24) is 9.55 Å². The lowest BCUT2D eigenvalue weighted by atomic mass is 10.2. The molecule has 146 valence electrons. The molecule has 0 bridgehead atoms. The molecule has 2 aromatic heterocycles. The Labute approximate surface area is 169 Å². The van der Waals surface area contributed by atoms with Gasteiger partial charge in [-0.15, -0.1) is 11.3 Å². The van der Waals surface area contributed by atoms with E-state index in [9.17, 15) is 14.4 Å². The van der Waals surface area contributed by atoms with Gasteiger partial charge in [-0.1, -0.05) is 23.7 Å². The number of amides is 1. The highest BCUT2D eigenvalue weighted by Crippen LogP contribution is 2.28. The van der Waals surface area contributed by atoms with E-state index in [1.165, 1.54) is 4.57 Å². The van der Waals surface area contributed by atoms with Crippen molar-refractivity contribution in [2.75, 3.05) is 11.9 Å². The number of para-hydroxylation sites is 1. The van der Waals surface area contributed by atoms with Gasteiger partial charge < -0.3 is 10.1 Å². The topological polar surface area (TPSA) is 90.3 Å². The molecule has 1 N–H and O–H groups in total. The summed E-state index contributed by atoms with van der Waals surface area (Å²) < 4.78 is 6.32. The summed E-state index contributed by atoms with van der Waals surface area (Å²) in [6.07, 6.45) is 0. The van der Waals surface area contributed by atoms with Crippen molar-refractivity contribution < 1.29 is 14.3 Å². The van der Waals surface area contributed by atoms with Gasteiger partial charge in [0.15, 0.2) is 0 Å². The molecule has 0 fully saturated rings. The van der Waals surface area contributed by atoms with Crippen LogP contribution in [0.4, 0.5) is 5.69 Å². The summed E-state index contributed by atoms with van der Waals surface area (Å²) >= 11 is 7.17. The third-order valence-corrected chi connectivity index (χ3v) is 5.65. The molecule has 7 nitrogen and oxygen atoms in total. The molecule has 3 rings (SSSR count). The SMILES string of the molecule is CCOC(=O)c1sc2nc(C)n(CC(=O)Nc3ccccc3Cl)c(=O)c2c1C. The van der Waals surface area contributed by atoms with Gasteiger partial charge in [0.05, 0.1) is 22.7 Å². The van der Waals surface area contributed by atoms with Crippen LogP contribution >= 0.6 is 22.9 Å². The zero-order valence-electron chi connectivity index (χ0n) is 15.5. The molecule has 0 saturated heterocycles. The van der Waals surface area contributed by atoms with Gasteiger partial charge in [0.1, 0.15) is 22.1 Å². The summed E-state index contributed by atoms with van der Waals surface area (Å²) in [4.78, 5) is 42.7. The molecule has 0 aliphatic heterocycles. The number of fused-ring (bicyclic) bond motifs is 1. The van der Waals surface area contributed by atoms with Crippen LogP contribution in [-0.4, -0.2) is 28.0 Å². The Morgan fingerprint density at radius 2 is 2.00 bits per heavy atom. The van der Waals surface area contributed by atoms with Crippen LogP contribution in [0.1, 0.15) is 28.0 Å². The second-order valence-electron chi connectivity index (χ2n) is 6.04. The highest BCUT2D eigenvalue weighted by atomic mass is 35.5. The molecule has 0 unspecified atom stereocenters. The number of esters is 1. The number of ether oxygens (including phenoxy) is 1. The van der Waals surface area contributed by atoms with Crippen molar-refractivity contribution in [3.63, 3.8) is 0 Å². The highest BCUT2D eigenvalue weighted by molar-refractivity contribution is 7.20. The Balaban J connectivity index is 1.97. The summed E-state index contributed by atoms with van der Waals surface area (Å²) in [6.45, 7) is 5.06. The van der Waals surface area contributed by atoms with Crippen molar-refractivity contribution in [2.24, 2.45) is 0 Å². The minimum atomic E-state index is -0.483. The third-order valence-electron chi connectivity index (χ3n) is 4.15. The van der Waals surface area contributed by atoms with Crippen molar-refractivity contribution in [3.8, 4) is 0 Å². The molecule has 3 aromatic rings. The fraction of sp³-hybridized carbons (Fsp3) is 0.263. The number of anilines is 1. The summed E-state index contributed by atoms with van der Waals surface area (Å²) in [5, 5.41) is 3.41. The lowest BCUT2D eigenvalue weighted by molar-refractivity contribution is -0.116. The van der Waals surface area contributed by atoms with Crippen LogP contribution in [-0.2, 0) is 16.1 Å². The molecule has 0 atom stereocenters. The molecular weight excluding hydrogens is 402 g/mol. The maximum absolute atomic E-state index is 13.0. The molecule has 9 heteroatoms. The summed E-state index contributed by atoms with van der Waals surface area (Å²) in [7, 11) is 0. The van der Waals surface area contributed by atoms with E-state index >= 15 is 0 Å². The average Bonchev–Trinajstić information content (AvgIpc) is 2.97. The fourth-order valence-corrected chi connectivity index (χ4v) is 4.09. The Morgan fingerprint density at radius 3 is 2.68 bits per heavy atom. The number of benzene rings is 1. The number of carbonyl (C=O) groups excluding carboxylic acids is 2. The number of rotatable bonds is 5. The highest BCUT2D eigenvalue weighted by Gasteiger charge is 2.22. The molecule has 1 amide bonds. The largest absolute Gasteiger partial charge is 0.462 e. The van der Waals surface area contributed by atoms with Gasteiger partial charge in [-0.25, -0.2) is 9.78 Å². The van der Waals surface area contributed by atoms with E-state index in [0.29, 0.717) is 37.2 Å². The molecular formula is C19H18ClN3O4S. The quantitative estimate of drug-likeness (QED) is 0.639. The number of aromatic nitrogens is 2. The minimum absolute atomic E-state index is 0.219. The normalized spacial score (nSPS) is 10.9. The Kier molecular flexibility index (Phi) is 5.81. The summed E-state index contributed by atoms with van der Waals surface area (Å²) in [6, 6.07) is 6.84. The Morgan fingerprint density at radius 1 is 1.29 bits per heavy atom. The van der Waals surface area contributed by atoms with E-state index in [1.807, 2.05) is 0 Å². The standard InChI is InChI=1S/C19H18ClN3O4S/c1-4-27-19(26)16-10(2)15-17(28-16)21-11(3)23(18(15)25)9-14(24)22-13-8-6-5-7-12(13)20/h5-8H,4,9H2,1-3H3,(H,22,24). The zero-order valence-corrected chi connectivity index (χ0v) is 17.1. The molecule has 0 spiro atoms. The first kappa shape index (κ1) is 20.0. The molecule has 0 aliphatic rings. The molecule has 0 aliphatic carbocycles. The summed E-state index contributed by atoms with van der Waals surface area (Å²) in [5.74, 6) is -0.510. The number of nitrogens with zero attached hydrogens (tertiary/aromatic N) is 2. The smallest absolute Gasteiger partial charge is 0.348 e. The van der Waals surface area contributed by atoms with Crippen molar-refractivity contribution >= 4 is 50.7 Å². The maximum Gasteiger partial charge on any atom is 0.348 e. The first-order valence-corrected chi connectivity index (χ1v) is 9.75. The Bertz CT molecular complexity index is 1140. The van der Waals surface area contributed by atoms with Crippen LogP contribution < -0.4 is 10.9 Å². The Hall–Kier alpha value is -2.71. The van der Waals surface area contributed by atoms with E-state index in [2.05, 4.69) is 10.3 Å². The zero-order chi connectivity index (χ0) is 20.4. The van der Waals surface area contributed by atoms with Crippen LogP contribution in [0.15, 0.2) is 29.1 Å². The number of halogens is 1. The van der Waals surface area contributed by atoms with Gasteiger partial charge in [-0.3, -0.25) is 14.2 Å². The van der Waals surface area contributed by atoms with Gasteiger partial charge in [0.2, 0.25) is 5.91 Å². The van der Waals surface area contributed by atoms with E-state index < -0.39 is 11.9 Å². The van der Waals surface area contributed by atoms with Crippen molar-refractivity contribution in [3.05, 3.63) is 55.9 Å². The van der Waals surface area contributed by atoms with E-state index in [1.54, 1.807) is 45.0 Å². The molecule has 28 heavy (non-hydrogen) atoms. The van der Waals surface area contributed by atoms with E-state index in [4.69, 9.17) is 16.3 Å². The number of hydrogen-bond donors (Lipinski definition) is 1. The minimum Gasteiger partial charge on any atom is -0.462 e. The first-order valence-electron chi connectivity index (χ1n) is 8.55. The molecule has 0 saturated carbocycles. The van der Waals surface area contributed by atoms with Crippen molar-refractivity contribution in [1.29, 1.82) is 0 Å². The predicted octanol–water partition coefficient (Wildman–Crippen LogP) is 3.54. The van der Waals surface area contributed by atoms with Crippen molar-refractivity contribution in [2.45, 2.75) is 27.3 Å². The summed E-state index contributed by atoms with van der Waals surface area (Å²) in [5.41, 5.74) is 0.600. The first-order chi connectivity index (χ1) is 13.3. The lowest BCUT2D eigenvalue weighted by Gasteiger charge is -2.11. The fourth-order valence-electron chi connectivity index (χ4n) is 2.79. The van der Waals surface area contributed by atoms with Crippen LogP contribution in [0.25, 0.3) is 10.2 Å². The van der Waals surface area contributed by atoms with Crippen LogP contribution in [0, 0.1) is 13.8 Å². The maximum atomic E-state index is 13.0. The number of nitrogens with one attached hydrogen (secondary N) is 1. The van der Waals surface area contributed by atoms with Crippen LogP contribution in [0.3, 0.4) is 0 Å². The number of carbonyl (C=O) groups is 2. The predicted molar refractivity (Wildman–Crippen MR) is 109 cm³/mol. The molecule has 1 aromatic carbocycles. The molecule has 0 radical (unpaired) electrons. The van der Waals surface area contributed by atoms with Gasteiger partial charge in [0.25, 0.3) is 5.56 Å². The van der Waals surface area contributed by atoms with E-state index in [-0.39, 0.29) is 18.7 Å². The van der Waals surface area contributed by atoms with Gasteiger partial charge in [-0.05, 0) is 38.5 Å². The van der Waals surface area contributed by atoms with Gasteiger partial charge in [0, 0.05) is 0 Å². The number of thiophene rings is 1. The van der Waals surface area contributed by atoms with E-state index in [0.717, 1.165) is 11.3 Å². The second kappa shape index (κ2) is 8.12. The third kappa shape index (κ3) is 3.79. The average molecular weight is 420 g/mol. The van der Waals surface area contributed by atoms with Crippen LogP contribution in [0.2, 0.25) is 5.02 Å². The lowest BCUT2D eigenvalue weighted by Crippen LogP contribution is -2.30. The van der Waals surface area contributed by atoms with Gasteiger partial charge in [-0.2, -0.15) is 0 Å². The monoisotopic (exact) mass is 419 g/mol. The molecule has 2 heterocycles. The number of aryl methyl sites for hydroxylation is 2.